The van der Waals surface area contributed by atoms with Gasteiger partial charge >= 0.3 is 0 Å². The molecule has 1 aromatic heterocycles. The second kappa shape index (κ2) is 5.17. The summed E-state index contributed by atoms with van der Waals surface area (Å²) in [6.45, 7) is 0. The second-order valence-electron chi connectivity index (χ2n) is 4.86. The SMILES string of the molecule is N#Cc1ccc(Nc2nc3c(c(=O)[nH]2)CCCC3)cc1. The van der Waals surface area contributed by atoms with Crippen LogP contribution in [0, 0.1) is 11.3 Å². The van der Waals surface area contributed by atoms with Crippen LogP contribution < -0.4 is 10.9 Å². The van der Waals surface area contributed by atoms with Crippen molar-refractivity contribution in [2.24, 2.45) is 0 Å². The number of hydrogen-bond donors (Lipinski definition) is 2. The predicted octanol–water partition coefficient (Wildman–Crippen LogP) is 2.26. The van der Waals surface area contributed by atoms with Gasteiger partial charge in [-0.3, -0.25) is 9.78 Å². The topological polar surface area (TPSA) is 81.6 Å². The number of hydrogen-bond acceptors (Lipinski definition) is 4. The average molecular weight is 266 g/mol. The first-order valence-corrected chi connectivity index (χ1v) is 6.65. The van der Waals surface area contributed by atoms with Gasteiger partial charge in [-0.1, -0.05) is 0 Å². The molecule has 1 heterocycles. The molecule has 1 aliphatic carbocycles. The smallest absolute Gasteiger partial charge is 0.255 e. The summed E-state index contributed by atoms with van der Waals surface area (Å²) in [7, 11) is 0. The molecule has 1 aromatic carbocycles. The molecule has 2 N–H and O–H groups in total. The molecule has 0 atom stereocenters. The molecule has 0 unspecified atom stereocenters. The fraction of sp³-hybridized carbons (Fsp3) is 0.267. The van der Waals surface area contributed by atoms with Crippen LogP contribution in [0.1, 0.15) is 29.7 Å². The summed E-state index contributed by atoms with van der Waals surface area (Å²) in [5.41, 5.74) is 3.06. The fourth-order valence-electron chi connectivity index (χ4n) is 2.43. The molecule has 100 valence electrons. The molecular weight excluding hydrogens is 252 g/mol. The molecule has 0 radical (unpaired) electrons. The zero-order valence-corrected chi connectivity index (χ0v) is 10.9. The fourth-order valence-corrected chi connectivity index (χ4v) is 2.43. The van der Waals surface area contributed by atoms with E-state index >= 15 is 0 Å². The van der Waals surface area contributed by atoms with E-state index in [-0.39, 0.29) is 5.56 Å². The number of benzene rings is 1. The molecule has 20 heavy (non-hydrogen) atoms. The van der Waals surface area contributed by atoms with Crippen molar-refractivity contribution in [1.82, 2.24) is 9.97 Å². The Morgan fingerprint density at radius 3 is 2.70 bits per heavy atom. The van der Waals surface area contributed by atoms with Gasteiger partial charge < -0.3 is 5.32 Å². The summed E-state index contributed by atoms with van der Waals surface area (Å²) in [4.78, 5) is 19.2. The molecule has 5 heteroatoms. The third-order valence-corrected chi connectivity index (χ3v) is 3.47. The average Bonchev–Trinajstić information content (AvgIpc) is 2.48. The molecule has 0 amide bonds. The summed E-state index contributed by atoms with van der Waals surface area (Å²) in [6.07, 6.45) is 3.82. The summed E-state index contributed by atoms with van der Waals surface area (Å²) in [5.74, 6) is 0.459. The second-order valence-corrected chi connectivity index (χ2v) is 4.86. The van der Waals surface area contributed by atoms with Crippen LogP contribution in [0.25, 0.3) is 0 Å². The maximum Gasteiger partial charge on any atom is 0.255 e. The summed E-state index contributed by atoms with van der Waals surface area (Å²) in [6, 6.07) is 9.09. The zero-order valence-electron chi connectivity index (χ0n) is 10.9. The quantitative estimate of drug-likeness (QED) is 0.873. The van der Waals surface area contributed by atoms with Crippen molar-refractivity contribution in [2.75, 3.05) is 5.32 Å². The number of aromatic nitrogens is 2. The lowest BCUT2D eigenvalue weighted by molar-refractivity contribution is 0.658. The van der Waals surface area contributed by atoms with E-state index in [9.17, 15) is 4.79 Å². The van der Waals surface area contributed by atoms with E-state index in [1.807, 2.05) is 0 Å². The highest BCUT2D eigenvalue weighted by Crippen LogP contribution is 2.18. The van der Waals surface area contributed by atoms with Crippen LogP contribution in [-0.2, 0) is 12.8 Å². The molecule has 2 aromatic rings. The van der Waals surface area contributed by atoms with Gasteiger partial charge in [0.2, 0.25) is 5.95 Å². The van der Waals surface area contributed by atoms with Gasteiger partial charge in [0.25, 0.3) is 5.56 Å². The van der Waals surface area contributed by atoms with Crippen LogP contribution in [-0.4, -0.2) is 9.97 Å². The number of rotatable bonds is 2. The van der Waals surface area contributed by atoms with Gasteiger partial charge in [0.05, 0.1) is 17.3 Å². The third kappa shape index (κ3) is 2.41. The van der Waals surface area contributed by atoms with E-state index in [1.165, 1.54) is 0 Å². The normalized spacial score (nSPS) is 13.3. The lowest BCUT2D eigenvalue weighted by Crippen LogP contribution is -2.22. The van der Waals surface area contributed by atoms with Crippen LogP contribution in [0.2, 0.25) is 0 Å². The van der Waals surface area contributed by atoms with Gasteiger partial charge in [-0.2, -0.15) is 5.26 Å². The first kappa shape index (κ1) is 12.4. The number of anilines is 2. The Labute approximate surface area is 116 Å². The molecular formula is C15H14N4O. The van der Waals surface area contributed by atoms with Gasteiger partial charge in [0.15, 0.2) is 0 Å². The molecule has 0 spiro atoms. The Morgan fingerprint density at radius 1 is 1.20 bits per heavy atom. The molecule has 0 saturated carbocycles. The van der Waals surface area contributed by atoms with Gasteiger partial charge in [0.1, 0.15) is 0 Å². The Bertz CT molecular complexity index is 725. The number of nitriles is 1. The van der Waals surface area contributed by atoms with Crippen LogP contribution >= 0.6 is 0 Å². The monoisotopic (exact) mass is 266 g/mol. The predicted molar refractivity (Wildman–Crippen MR) is 75.9 cm³/mol. The summed E-state index contributed by atoms with van der Waals surface area (Å²) >= 11 is 0. The maximum absolute atomic E-state index is 12.0. The van der Waals surface area contributed by atoms with E-state index in [4.69, 9.17) is 5.26 Å². The van der Waals surface area contributed by atoms with Gasteiger partial charge in [0, 0.05) is 11.3 Å². The highest BCUT2D eigenvalue weighted by Gasteiger charge is 2.15. The number of nitrogens with zero attached hydrogens (tertiary/aromatic N) is 2. The number of aromatic amines is 1. The number of H-pyrrole nitrogens is 1. The van der Waals surface area contributed by atoms with Crippen molar-refractivity contribution in [2.45, 2.75) is 25.7 Å². The number of nitrogens with one attached hydrogen (secondary N) is 2. The highest BCUT2D eigenvalue weighted by molar-refractivity contribution is 5.55. The van der Waals surface area contributed by atoms with E-state index in [0.717, 1.165) is 42.6 Å². The van der Waals surface area contributed by atoms with Gasteiger partial charge in [-0.25, -0.2) is 4.98 Å². The van der Waals surface area contributed by atoms with Gasteiger partial charge in [-0.05, 0) is 49.9 Å². The van der Waals surface area contributed by atoms with Crippen molar-refractivity contribution < 1.29 is 0 Å². The molecule has 0 fully saturated rings. The Balaban J connectivity index is 1.89. The van der Waals surface area contributed by atoms with Crippen molar-refractivity contribution in [3.05, 3.63) is 51.4 Å². The van der Waals surface area contributed by atoms with E-state index in [0.29, 0.717) is 11.5 Å². The molecule has 0 bridgehead atoms. The highest BCUT2D eigenvalue weighted by atomic mass is 16.1. The first-order chi connectivity index (χ1) is 9.76. The van der Waals surface area contributed by atoms with E-state index in [2.05, 4.69) is 21.4 Å². The van der Waals surface area contributed by atoms with E-state index < -0.39 is 0 Å². The standard InChI is InChI=1S/C15H14N4O/c16-9-10-5-7-11(8-6-10)17-15-18-13-4-2-1-3-12(13)14(20)19-15/h5-8H,1-4H2,(H2,17,18,19,20). The number of aryl methyl sites for hydroxylation is 1. The van der Waals surface area contributed by atoms with Crippen LogP contribution in [0.15, 0.2) is 29.1 Å². The molecule has 0 aliphatic heterocycles. The number of fused-ring (bicyclic) bond motifs is 1. The molecule has 0 saturated heterocycles. The minimum absolute atomic E-state index is 0.0501. The van der Waals surface area contributed by atoms with Crippen molar-refractivity contribution in [1.29, 1.82) is 5.26 Å². The lowest BCUT2D eigenvalue weighted by Gasteiger charge is -2.15. The van der Waals surface area contributed by atoms with Crippen molar-refractivity contribution >= 4 is 11.6 Å². The molecule has 5 nitrogen and oxygen atoms in total. The molecule has 1 aliphatic rings. The van der Waals surface area contributed by atoms with E-state index in [1.54, 1.807) is 24.3 Å². The van der Waals surface area contributed by atoms with Crippen LogP contribution in [0.5, 0.6) is 0 Å². The minimum Gasteiger partial charge on any atom is -0.326 e. The largest absolute Gasteiger partial charge is 0.326 e. The Morgan fingerprint density at radius 2 is 1.95 bits per heavy atom. The van der Waals surface area contributed by atoms with Crippen LogP contribution in [0.4, 0.5) is 11.6 Å². The summed E-state index contributed by atoms with van der Waals surface area (Å²) in [5, 5.41) is 11.8. The Hall–Kier alpha value is -2.61. The zero-order chi connectivity index (χ0) is 13.9. The van der Waals surface area contributed by atoms with Crippen molar-refractivity contribution in [3.8, 4) is 6.07 Å². The van der Waals surface area contributed by atoms with Gasteiger partial charge in [-0.15, -0.1) is 0 Å². The lowest BCUT2D eigenvalue weighted by atomic mass is 9.97. The van der Waals surface area contributed by atoms with Crippen LogP contribution in [0.3, 0.4) is 0 Å². The summed E-state index contributed by atoms with van der Waals surface area (Å²) < 4.78 is 0. The Kier molecular flexibility index (Phi) is 3.21. The first-order valence-electron chi connectivity index (χ1n) is 6.65. The van der Waals surface area contributed by atoms with Crippen molar-refractivity contribution in [3.63, 3.8) is 0 Å². The minimum atomic E-state index is -0.0501. The molecule has 3 rings (SSSR count). The third-order valence-electron chi connectivity index (χ3n) is 3.47. The maximum atomic E-state index is 12.0.